The first-order valence-corrected chi connectivity index (χ1v) is 18.3. The number of carbonyl (C=O) groups excluding carboxylic acids is 1. The lowest BCUT2D eigenvalue weighted by molar-refractivity contribution is -0.160. The first kappa shape index (κ1) is 35.4. The van der Waals surface area contributed by atoms with Crippen LogP contribution in [0.2, 0.25) is 5.02 Å². The third-order valence-electron chi connectivity index (χ3n) is 9.93. The summed E-state index contributed by atoms with van der Waals surface area (Å²) in [6, 6.07) is 14.9. The SMILES string of the molecule is CC(=O)N1CC(N2CCC(c3nn(C(F)F)c4ccc(-c5nc6cc(C)c([C@H](OC(C)(C)C)C(=O)O)c(-c7ccc(Cl)cc7)c6s5)cc34)CC2)C1. The molecule has 2 fully saturated rings. The number of benzene rings is 3. The van der Waals surface area contributed by atoms with Crippen LogP contribution in [0.5, 0.6) is 0 Å². The highest BCUT2D eigenvalue weighted by Gasteiger charge is 2.37. The van der Waals surface area contributed by atoms with Crippen LogP contribution in [0.1, 0.15) is 75.9 Å². The molecule has 7 rings (SSSR count). The van der Waals surface area contributed by atoms with E-state index in [9.17, 15) is 23.5 Å². The number of nitrogens with zero attached hydrogens (tertiary/aromatic N) is 5. The molecule has 1 atom stereocenters. The Balaban J connectivity index is 1.29. The number of aliphatic carboxylic acids is 1. The van der Waals surface area contributed by atoms with Gasteiger partial charge in [0.1, 0.15) is 5.01 Å². The summed E-state index contributed by atoms with van der Waals surface area (Å²) in [5.41, 5.74) is 4.50. The average molecular weight is 736 g/mol. The van der Waals surface area contributed by atoms with Gasteiger partial charge in [0.15, 0.2) is 6.10 Å². The summed E-state index contributed by atoms with van der Waals surface area (Å²) >= 11 is 7.68. The average Bonchev–Trinajstić information content (AvgIpc) is 3.64. The molecule has 9 nitrogen and oxygen atoms in total. The molecule has 5 aromatic rings. The van der Waals surface area contributed by atoms with Gasteiger partial charge >= 0.3 is 12.5 Å². The number of fused-ring (bicyclic) bond motifs is 2. The molecular weight excluding hydrogens is 696 g/mol. The van der Waals surface area contributed by atoms with Gasteiger partial charge in [-0.25, -0.2) is 14.5 Å². The normalized spacial score (nSPS) is 17.1. The Bertz CT molecular complexity index is 2130. The summed E-state index contributed by atoms with van der Waals surface area (Å²) in [6.45, 7) is 9.22. The van der Waals surface area contributed by atoms with Crippen molar-refractivity contribution in [2.24, 2.45) is 0 Å². The second kappa shape index (κ2) is 13.5. The summed E-state index contributed by atoms with van der Waals surface area (Å²) in [7, 11) is 0. The van der Waals surface area contributed by atoms with Crippen molar-refractivity contribution in [2.45, 2.75) is 77.7 Å². The van der Waals surface area contributed by atoms with Crippen LogP contribution in [-0.4, -0.2) is 79.4 Å². The highest BCUT2D eigenvalue weighted by Crippen LogP contribution is 2.45. The molecule has 0 bridgehead atoms. The number of aryl methyl sites for hydroxylation is 1. The minimum Gasteiger partial charge on any atom is -0.479 e. The highest BCUT2D eigenvalue weighted by atomic mass is 35.5. The smallest absolute Gasteiger partial charge is 0.337 e. The molecule has 2 aliphatic rings. The third-order valence-corrected chi connectivity index (χ3v) is 11.3. The predicted molar refractivity (Wildman–Crippen MR) is 196 cm³/mol. The zero-order chi connectivity index (χ0) is 36.4. The summed E-state index contributed by atoms with van der Waals surface area (Å²) in [5, 5.41) is 16.8. The number of carboxylic acid groups (broad SMARTS) is 1. The molecule has 2 saturated heterocycles. The van der Waals surface area contributed by atoms with Gasteiger partial charge < -0.3 is 14.7 Å². The molecular formula is C38H40ClF2N5O4S. The number of carboxylic acids is 1. The lowest BCUT2D eigenvalue weighted by Gasteiger charge is -2.47. The third kappa shape index (κ3) is 6.86. The molecule has 0 unspecified atom stereocenters. The van der Waals surface area contributed by atoms with Crippen molar-refractivity contribution in [2.75, 3.05) is 26.2 Å². The number of carbonyl (C=O) groups is 2. The maximum atomic E-state index is 14.3. The Morgan fingerprint density at radius 2 is 1.71 bits per heavy atom. The van der Waals surface area contributed by atoms with E-state index < -0.39 is 24.2 Å². The molecule has 268 valence electrons. The number of ether oxygens (including phenoxy) is 1. The minimum absolute atomic E-state index is 0.0100. The van der Waals surface area contributed by atoms with E-state index in [1.165, 1.54) is 11.3 Å². The molecule has 0 saturated carbocycles. The number of hydrogen-bond donors (Lipinski definition) is 1. The summed E-state index contributed by atoms with van der Waals surface area (Å²) in [6.07, 6.45) is 0.324. The van der Waals surface area contributed by atoms with Crippen molar-refractivity contribution in [1.82, 2.24) is 24.6 Å². The Hall–Kier alpha value is -3.97. The van der Waals surface area contributed by atoms with Crippen molar-refractivity contribution in [3.63, 3.8) is 0 Å². The fourth-order valence-corrected chi connectivity index (χ4v) is 8.64. The van der Waals surface area contributed by atoms with Crippen molar-refractivity contribution in [3.05, 3.63) is 70.4 Å². The van der Waals surface area contributed by atoms with E-state index in [0.29, 0.717) is 49.3 Å². The van der Waals surface area contributed by atoms with Crippen LogP contribution >= 0.6 is 22.9 Å². The van der Waals surface area contributed by atoms with Crippen molar-refractivity contribution >= 4 is 55.9 Å². The van der Waals surface area contributed by atoms with E-state index in [2.05, 4.69) is 10.00 Å². The second-order valence-electron chi connectivity index (χ2n) is 14.5. The van der Waals surface area contributed by atoms with Crippen LogP contribution in [-0.2, 0) is 14.3 Å². The number of amides is 1. The van der Waals surface area contributed by atoms with Crippen LogP contribution in [0.25, 0.3) is 42.8 Å². The fourth-order valence-electron chi connectivity index (χ4n) is 7.39. The molecule has 13 heteroatoms. The molecule has 2 aromatic heterocycles. The molecule has 51 heavy (non-hydrogen) atoms. The van der Waals surface area contributed by atoms with Crippen LogP contribution < -0.4 is 0 Å². The van der Waals surface area contributed by atoms with Gasteiger partial charge in [-0.2, -0.15) is 13.9 Å². The van der Waals surface area contributed by atoms with Crippen molar-refractivity contribution in [3.8, 4) is 21.7 Å². The van der Waals surface area contributed by atoms with E-state index in [4.69, 9.17) is 21.3 Å². The molecule has 1 N–H and O–H groups in total. The molecule has 0 radical (unpaired) electrons. The molecule has 0 aliphatic carbocycles. The first-order chi connectivity index (χ1) is 24.2. The number of thiazole rings is 1. The standard InChI is InChI=1S/C38H40ClF2N5O4S/c1-20-16-28-34(31(22-6-9-25(39)10-7-22)30(20)33(36(48)49)50-38(3,4)5)51-35(42-28)24-8-11-29-27(17-24)32(43-46(29)37(40)41)23-12-14-44(15-13-23)26-18-45(19-26)21(2)47/h6-11,16-17,23,26,33,37H,12-15,18-19H2,1-5H3,(H,48,49)/t33-/m0/s1. The van der Waals surface area contributed by atoms with Gasteiger partial charge in [-0.1, -0.05) is 23.7 Å². The zero-order valence-corrected chi connectivity index (χ0v) is 30.7. The van der Waals surface area contributed by atoms with E-state index in [1.54, 1.807) is 31.2 Å². The van der Waals surface area contributed by atoms with Crippen molar-refractivity contribution < 1.29 is 28.2 Å². The van der Waals surface area contributed by atoms with Gasteiger partial charge in [0, 0.05) is 59.1 Å². The topological polar surface area (TPSA) is 101 Å². The van der Waals surface area contributed by atoms with Gasteiger partial charge in [-0.05, 0) is 101 Å². The summed E-state index contributed by atoms with van der Waals surface area (Å²) in [4.78, 5) is 33.7. The monoisotopic (exact) mass is 735 g/mol. The zero-order valence-electron chi connectivity index (χ0n) is 29.1. The molecule has 2 aliphatic heterocycles. The number of rotatable bonds is 8. The number of aromatic nitrogens is 3. The second-order valence-corrected chi connectivity index (χ2v) is 16.0. The Labute approximate surface area is 303 Å². The largest absolute Gasteiger partial charge is 0.479 e. The number of halogens is 3. The van der Waals surface area contributed by atoms with Gasteiger partial charge in [0.05, 0.1) is 27.0 Å². The maximum Gasteiger partial charge on any atom is 0.337 e. The quantitative estimate of drug-likeness (QED) is 0.170. The van der Waals surface area contributed by atoms with Crippen LogP contribution in [0.4, 0.5) is 8.78 Å². The van der Waals surface area contributed by atoms with Gasteiger partial charge in [0.2, 0.25) is 5.91 Å². The molecule has 0 spiro atoms. The minimum atomic E-state index is -2.79. The van der Waals surface area contributed by atoms with Crippen LogP contribution in [0.15, 0.2) is 48.5 Å². The lowest BCUT2D eigenvalue weighted by Crippen LogP contribution is -2.61. The number of piperidine rings is 1. The van der Waals surface area contributed by atoms with Gasteiger partial charge in [-0.3, -0.25) is 9.69 Å². The van der Waals surface area contributed by atoms with Crippen LogP contribution in [0, 0.1) is 6.92 Å². The molecule has 4 heterocycles. The van der Waals surface area contributed by atoms with Crippen molar-refractivity contribution in [1.29, 1.82) is 0 Å². The van der Waals surface area contributed by atoms with E-state index in [1.807, 2.05) is 56.9 Å². The predicted octanol–water partition coefficient (Wildman–Crippen LogP) is 8.69. The maximum absolute atomic E-state index is 14.3. The lowest BCUT2D eigenvalue weighted by atomic mass is 9.90. The fraction of sp³-hybridized carbons (Fsp3) is 0.421. The molecule has 1 amide bonds. The number of likely N-dealkylation sites (tertiary alicyclic amines) is 2. The van der Waals surface area contributed by atoms with E-state index in [-0.39, 0.29) is 11.8 Å². The van der Waals surface area contributed by atoms with E-state index in [0.717, 1.165) is 65.1 Å². The van der Waals surface area contributed by atoms with Crippen LogP contribution in [0.3, 0.4) is 0 Å². The van der Waals surface area contributed by atoms with Gasteiger partial charge in [-0.15, -0.1) is 11.3 Å². The van der Waals surface area contributed by atoms with Gasteiger partial charge in [0.25, 0.3) is 0 Å². The summed E-state index contributed by atoms with van der Waals surface area (Å²) < 4.78 is 36.3. The number of alkyl halides is 2. The highest BCUT2D eigenvalue weighted by molar-refractivity contribution is 7.22. The Kier molecular flexibility index (Phi) is 9.41. The molecule has 3 aromatic carbocycles. The number of hydrogen-bond acceptors (Lipinski definition) is 7. The first-order valence-electron chi connectivity index (χ1n) is 17.1. The Morgan fingerprint density at radius 1 is 1.04 bits per heavy atom. The summed E-state index contributed by atoms with van der Waals surface area (Å²) in [5.74, 6) is -1.00. The van der Waals surface area contributed by atoms with E-state index >= 15 is 0 Å². The Morgan fingerprint density at radius 3 is 2.31 bits per heavy atom.